The Morgan fingerprint density at radius 3 is 2.84 bits per heavy atom. The van der Waals surface area contributed by atoms with Gasteiger partial charge in [0, 0.05) is 38.6 Å². The molecule has 2 N–H and O–H groups in total. The molecule has 0 saturated carbocycles. The molecule has 1 aliphatic heterocycles. The SMILES string of the molecule is CC(CCC(=O)O)NC(=O)N(C)CC1CCCOC1. The van der Waals surface area contributed by atoms with Gasteiger partial charge in [0.25, 0.3) is 0 Å². The van der Waals surface area contributed by atoms with E-state index in [1.165, 1.54) is 0 Å². The summed E-state index contributed by atoms with van der Waals surface area (Å²) in [6.45, 7) is 4.03. The van der Waals surface area contributed by atoms with E-state index in [1.807, 2.05) is 6.92 Å². The summed E-state index contributed by atoms with van der Waals surface area (Å²) in [5.41, 5.74) is 0. The van der Waals surface area contributed by atoms with E-state index in [1.54, 1.807) is 11.9 Å². The molecule has 0 aliphatic carbocycles. The fourth-order valence-electron chi connectivity index (χ4n) is 2.15. The fraction of sp³-hybridized carbons (Fsp3) is 0.846. The van der Waals surface area contributed by atoms with Gasteiger partial charge in [0.1, 0.15) is 0 Å². The van der Waals surface area contributed by atoms with Gasteiger partial charge in [-0.1, -0.05) is 0 Å². The van der Waals surface area contributed by atoms with Crippen molar-refractivity contribution in [2.24, 2.45) is 5.92 Å². The highest BCUT2D eigenvalue weighted by Gasteiger charge is 2.19. The van der Waals surface area contributed by atoms with Crippen molar-refractivity contribution in [3.63, 3.8) is 0 Å². The normalized spacial score (nSPS) is 20.6. The molecular weight excluding hydrogens is 248 g/mol. The number of amides is 2. The molecule has 1 rings (SSSR count). The quantitative estimate of drug-likeness (QED) is 0.764. The number of rotatable bonds is 6. The molecule has 1 saturated heterocycles. The Morgan fingerprint density at radius 1 is 1.53 bits per heavy atom. The van der Waals surface area contributed by atoms with Crippen LogP contribution in [0.5, 0.6) is 0 Å². The summed E-state index contributed by atoms with van der Waals surface area (Å²) < 4.78 is 5.39. The van der Waals surface area contributed by atoms with Crippen molar-refractivity contribution in [1.29, 1.82) is 0 Å². The minimum Gasteiger partial charge on any atom is -0.481 e. The molecule has 19 heavy (non-hydrogen) atoms. The number of ether oxygens (including phenoxy) is 1. The fourth-order valence-corrected chi connectivity index (χ4v) is 2.15. The van der Waals surface area contributed by atoms with Gasteiger partial charge in [0.15, 0.2) is 0 Å². The van der Waals surface area contributed by atoms with Crippen LogP contribution in [-0.4, -0.2) is 54.9 Å². The molecule has 1 heterocycles. The lowest BCUT2D eigenvalue weighted by Gasteiger charge is -2.28. The van der Waals surface area contributed by atoms with Crippen molar-refractivity contribution in [1.82, 2.24) is 10.2 Å². The molecule has 1 fully saturated rings. The largest absolute Gasteiger partial charge is 0.481 e. The number of hydrogen-bond acceptors (Lipinski definition) is 3. The lowest BCUT2D eigenvalue weighted by molar-refractivity contribution is -0.137. The van der Waals surface area contributed by atoms with Crippen LogP contribution >= 0.6 is 0 Å². The minimum atomic E-state index is -0.839. The topological polar surface area (TPSA) is 78.9 Å². The second kappa shape index (κ2) is 7.99. The lowest BCUT2D eigenvalue weighted by Crippen LogP contribution is -2.44. The summed E-state index contributed by atoms with van der Waals surface area (Å²) >= 11 is 0. The summed E-state index contributed by atoms with van der Waals surface area (Å²) in [6.07, 6.45) is 2.66. The van der Waals surface area contributed by atoms with Crippen LogP contribution in [0.1, 0.15) is 32.6 Å². The van der Waals surface area contributed by atoms with Gasteiger partial charge < -0.3 is 20.1 Å². The average Bonchev–Trinajstić information content (AvgIpc) is 2.37. The summed E-state index contributed by atoms with van der Waals surface area (Å²) in [5.74, 6) is -0.437. The van der Waals surface area contributed by atoms with Crippen LogP contribution in [0.3, 0.4) is 0 Å². The van der Waals surface area contributed by atoms with Crippen LogP contribution in [0, 0.1) is 5.92 Å². The first-order valence-electron chi connectivity index (χ1n) is 6.80. The summed E-state index contributed by atoms with van der Waals surface area (Å²) in [6, 6.07) is -0.280. The van der Waals surface area contributed by atoms with Crippen molar-refractivity contribution >= 4 is 12.0 Å². The second-order valence-electron chi connectivity index (χ2n) is 5.25. The van der Waals surface area contributed by atoms with Crippen molar-refractivity contribution in [3.8, 4) is 0 Å². The second-order valence-corrected chi connectivity index (χ2v) is 5.25. The van der Waals surface area contributed by atoms with Crippen molar-refractivity contribution in [2.45, 2.75) is 38.6 Å². The van der Waals surface area contributed by atoms with E-state index in [0.717, 1.165) is 19.4 Å². The molecule has 1 aliphatic rings. The molecule has 0 radical (unpaired) electrons. The Kier molecular flexibility index (Phi) is 6.62. The smallest absolute Gasteiger partial charge is 0.317 e. The highest BCUT2D eigenvalue weighted by atomic mass is 16.5. The molecule has 2 atom stereocenters. The Bertz CT molecular complexity index is 303. The maximum absolute atomic E-state index is 11.9. The number of carbonyl (C=O) groups excluding carboxylic acids is 1. The number of nitrogens with one attached hydrogen (secondary N) is 1. The zero-order valence-corrected chi connectivity index (χ0v) is 11.7. The molecule has 0 bridgehead atoms. The van der Waals surface area contributed by atoms with Crippen LogP contribution < -0.4 is 5.32 Å². The van der Waals surface area contributed by atoms with Crippen LogP contribution in [0.2, 0.25) is 0 Å². The van der Waals surface area contributed by atoms with Gasteiger partial charge in [-0.2, -0.15) is 0 Å². The zero-order valence-electron chi connectivity index (χ0n) is 11.7. The van der Waals surface area contributed by atoms with Crippen molar-refractivity contribution in [3.05, 3.63) is 0 Å². The number of carbonyl (C=O) groups is 2. The molecule has 2 unspecified atom stereocenters. The Balaban J connectivity index is 2.25. The number of hydrogen-bond donors (Lipinski definition) is 2. The van der Waals surface area contributed by atoms with E-state index in [-0.39, 0.29) is 18.5 Å². The van der Waals surface area contributed by atoms with Crippen LogP contribution in [0.15, 0.2) is 0 Å². The molecule has 2 amide bonds. The molecule has 0 spiro atoms. The van der Waals surface area contributed by atoms with E-state index in [9.17, 15) is 9.59 Å². The number of nitrogens with zero attached hydrogens (tertiary/aromatic N) is 1. The molecule has 6 nitrogen and oxygen atoms in total. The first kappa shape index (κ1) is 15.8. The predicted molar refractivity (Wildman–Crippen MR) is 71.0 cm³/mol. The highest BCUT2D eigenvalue weighted by molar-refractivity contribution is 5.74. The third-order valence-corrected chi connectivity index (χ3v) is 3.29. The van der Waals surface area contributed by atoms with Gasteiger partial charge in [0.2, 0.25) is 0 Å². The standard InChI is InChI=1S/C13H24N2O4/c1-10(5-6-12(16)17)14-13(18)15(2)8-11-4-3-7-19-9-11/h10-11H,3-9H2,1-2H3,(H,14,18)(H,16,17). The minimum absolute atomic E-state index is 0.0711. The first-order valence-corrected chi connectivity index (χ1v) is 6.80. The molecule has 6 heteroatoms. The Hall–Kier alpha value is -1.30. The van der Waals surface area contributed by atoms with Crippen LogP contribution in [-0.2, 0) is 9.53 Å². The third-order valence-electron chi connectivity index (χ3n) is 3.29. The Labute approximate surface area is 114 Å². The van der Waals surface area contributed by atoms with Crippen LogP contribution in [0.4, 0.5) is 4.79 Å². The maximum atomic E-state index is 11.9. The van der Waals surface area contributed by atoms with E-state index >= 15 is 0 Å². The van der Waals surface area contributed by atoms with Gasteiger partial charge in [0.05, 0.1) is 6.61 Å². The third kappa shape index (κ3) is 6.42. The molecule has 0 aromatic rings. The summed E-state index contributed by atoms with van der Waals surface area (Å²) in [5, 5.41) is 11.4. The van der Waals surface area contributed by atoms with Gasteiger partial charge in [-0.3, -0.25) is 4.79 Å². The van der Waals surface area contributed by atoms with Crippen LogP contribution in [0.25, 0.3) is 0 Å². The first-order chi connectivity index (χ1) is 8.99. The van der Waals surface area contributed by atoms with Crippen molar-refractivity contribution < 1.29 is 19.4 Å². The Morgan fingerprint density at radius 2 is 2.26 bits per heavy atom. The molecule has 0 aromatic carbocycles. The average molecular weight is 272 g/mol. The van der Waals surface area contributed by atoms with E-state index in [2.05, 4.69) is 5.32 Å². The predicted octanol–water partition coefficient (Wildman–Crippen LogP) is 1.31. The number of carboxylic acids is 1. The zero-order chi connectivity index (χ0) is 14.3. The van der Waals surface area contributed by atoms with Gasteiger partial charge in [-0.05, 0) is 26.2 Å². The number of urea groups is 1. The van der Waals surface area contributed by atoms with Gasteiger partial charge >= 0.3 is 12.0 Å². The highest BCUT2D eigenvalue weighted by Crippen LogP contribution is 2.14. The van der Waals surface area contributed by atoms with E-state index in [4.69, 9.17) is 9.84 Å². The summed E-state index contributed by atoms with van der Waals surface area (Å²) in [7, 11) is 1.76. The summed E-state index contributed by atoms with van der Waals surface area (Å²) in [4.78, 5) is 24.0. The van der Waals surface area contributed by atoms with Gasteiger partial charge in [-0.25, -0.2) is 4.79 Å². The molecular formula is C13H24N2O4. The monoisotopic (exact) mass is 272 g/mol. The van der Waals surface area contributed by atoms with Crippen molar-refractivity contribution in [2.75, 3.05) is 26.8 Å². The van der Waals surface area contributed by atoms with Gasteiger partial charge in [-0.15, -0.1) is 0 Å². The molecule has 110 valence electrons. The van der Waals surface area contributed by atoms with E-state index < -0.39 is 5.97 Å². The molecule has 0 aromatic heterocycles. The number of aliphatic carboxylic acids is 1. The van der Waals surface area contributed by atoms with E-state index in [0.29, 0.717) is 25.5 Å². The lowest BCUT2D eigenvalue weighted by atomic mass is 10.0. The number of carboxylic acid groups (broad SMARTS) is 1. The maximum Gasteiger partial charge on any atom is 0.317 e.